The molecular formula is C10H10F3NO2. The van der Waals surface area contributed by atoms with E-state index in [0.29, 0.717) is 0 Å². The molecule has 3 nitrogen and oxygen atoms in total. The van der Waals surface area contributed by atoms with Gasteiger partial charge in [0.2, 0.25) is 5.95 Å². The predicted molar refractivity (Wildman–Crippen MR) is 49.5 cm³/mol. The minimum Gasteiger partial charge on any atom is -0.466 e. The summed E-state index contributed by atoms with van der Waals surface area (Å²) in [5, 5.41) is 0. The van der Waals surface area contributed by atoms with E-state index in [1.54, 1.807) is 6.92 Å². The van der Waals surface area contributed by atoms with Crippen molar-refractivity contribution in [2.75, 3.05) is 6.61 Å². The Bertz CT molecular complexity index is 382. The number of alkyl halides is 2. The van der Waals surface area contributed by atoms with Gasteiger partial charge in [0, 0.05) is 0 Å². The normalized spacial score (nSPS) is 10.6. The smallest absolute Gasteiger partial charge is 0.310 e. The molecule has 0 aliphatic carbocycles. The summed E-state index contributed by atoms with van der Waals surface area (Å²) in [6.45, 7) is 1.77. The summed E-state index contributed by atoms with van der Waals surface area (Å²) in [6.07, 6.45) is -3.25. The quantitative estimate of drug-likeness (QED) is 0.591. The van der Waals surface area contributed by atoms with Gasteiger partial charge < -0.3 is 4.74 Å². The van der Waals surface area contributed by atoms with Gasteiger partial charge in [-0.25, -0.2) is 13.8 Å². The molecule has 0 saturated heterocycles. The Hall–Kier alpha value is -1.59. The van der Waals surface area contributed by atoms with E-state index >= 15 is 0 Å². The lowest BCUT2D eigenvalue weighted by Crippen LogP contribution is -2.11. The molecule has 1 aromatic heterocycles. The van der Waals surface area contributed by atoms with Gasteiger partial charge in [0.05, 0.1) is 13.0 Å². The highest BCUT2D eigenvalue weighted by atomic mass is 19.3. The molecule has 16 heavy (non-hydrogen) atoms. The second-order valence-electron chi connectivity index (χ2n) is 2.96. The molecule has 0 aliphatic rings. The summed E-state index contributed by atoms with van der Waals surface area (Å²) in [4.78, 5) is 14.1. The van der Waals surface area contributed by atoms with Crippen molar-refractivity contribution in [2.24, 2.45) is 0 Å². The number of ether oxygens (including phenoxy) is 1. The Labute approximate surface area is 90.2 Å². The van der Waals surface area contributed by atoms with Crippen LogP contribution < -0.4 is 0 Å². The first kappa shape index (κ1) is 12.5. The lowest BCUT2D eigenvalue weighted by atomic mass is 10.1. The van der Waals surface area contributed by atoms with E-state index in [9.17, 15) is 18.0 Å². The fraction of sp³-hybridized carbons (Fsp3) is 0.400. The Kier molecular flexibility index (Phi) is 4.28. The molecule has 0 amide bonds. The van der Waals surface area contributed by atoms with Gasteiger partial charge in [0.1, 0.15) is 5.69 Å². The maximum absolute atomic E-state index is 12.6. The van der Waals surface area contributed by atoms with E-state index in [2.05, 4.69) is 9.72 Å². The van der Waals surface area contributed by atoms with Crippen LogP contribution in [0.25, 0.3) is 0 Å². The summed E-state index contributed by atoms with van der Waals surface area (Å²) in [5.41, 5.74) is -0.733. The molecule has 88 valence electrons. The molecule has 1 heterocycles. The molecule has 0 spiro atoms. The highest BCUT2D eigenvalue weighted by molar-refractivity contribution is 5.72. The van der Waals surface area contributed by atoms with Crippen molar-refractivity contribution in [1.29, 1.82) is 0 Å². The monoisotopic (exact) mass is 233 g/mol. The van der Waals surface area contributed by atoms with Gasteiger partial charge in [-0.2, -0.15) is 4.39 Å². The zero-order valence-electron chi connectivity index (χ0n) is 8.54. The number of rotatable bonds is 4. The van der Waals surface area contributed by atoms with E-state index < -0.39 is 24.0 Å². The molecular weight excluding hydrogens is 223 g/mol. The summed E-state index contributed by atoms with van der Waals surface area (Å²) in [5.74, 6) is -1.64. The van der Waals surface area contributed by atoms with E-state index in [-0.39, 0.29) is 18.6 Å². The second-order valence-corrected chi connectivity index (χ2v) is 2.96. The van der Waals surface area contributed by atoms with Gasteiger partial charge in [0.25, 0.3) is 6.43 Å². The lowest BCUT2D eigenvalue weighted by Gasteiger charge is -2.07. The topological polar surface area (TPSA) is 39.2 Å². The third-order valence-corrected chi connectivity index (χ3v) is 1.83. The summed E-state index contributed by atoms with van der Waals surface area (Å²) >= 11 is 0. The minimum atomic E-state index is -2.92. The molecule has 0 radical (unpaired) electrons. The largest absolute Gasteiger partial charge is 0.466 e. The van der Waals surface area contributed by atoms with Gasteiger partial charge in [-0.05, 0) is 18.6 Å². The van der Waals surface area contributed by atoms with Crippen LogP contribution in [0.4, 0.5) is 13.2 Å². The molecule has 6 heteroatoms. The number of halogens is 3. The maximum Gasteiger partial charge on any atom is 0.310 e. The van der Waals surface area contributed by atoms with Crippen LogP contribution in [0, 0.1) is 5.95 Å². The van der Waals surface area contributed by atoms with Gasteiger partial charge in [0.15, 0.2) is 0 Å². The van der Waals surface area contributed by atoms with Crippen LogP contribution in [0.5, 0.6) is 0 Å². The zero-order valence-corrected chi connectivity index (χ0v) is 8.54. The van der Waals surface area contributed by atoms with Crippen molar-refractivity contribution in [3.8, 4) is 0 Å². The van der Waals surface area contributed by atoms with Crippen molar-refractivity contribution in [1.82, 2.24) is 4.98 Å². The number of carbonyl (C=O) groups excluding carboxylic acids is 1. The van der Waals surface area contributed by atoms with Crippen LogP contribution in [-0.2, 0) is 16.0 Å². The van der Waals surface area contributed by atoms with Crippen molar-refractivity contribution >= 4 is 5.97 Å². The summed E-state index contributed by atoms with van der Waals surface area (Å²) in [6, 6.07) is 2.04. The van der Waals surface area contributed by atoms with Crippen LogP contribution in [0.15, 0.2) is 12.1 Å². The number of hydrogen-bond donors (Lipinski definition) is 0. The van der Waals surface area contributed by atoms with Gasteiger partial charge >= 0.3 is 5.97 Å². The summed E-state index contributed by atoms with van der Waals surface area (Å²) < 4.78 is 42.2. The molecule has 0 N–H and O–H groups in total. The molecule has 0 unspecified atom stereocenters. The molecule has 0 bridgehead atoms. The van der Waals surface area contributed by atoms with Gasteiger partial charge in [-0.15, -0.1) is 0 Å². The Morgan fingerprint density at radius 3 is 2.75 bits per heavy atom. The van der Waals surface area contributed by atoms with Crippen LogP contribution in [0.2, 0.25) is 0 Å². The van der Waals surface area contributed by atoms with Gasteiger partial charge in [-0.1, -0.05) is 6.07 Å². The number of hydrogen-bond acceptors (Lipinski definition) is 3. The number of nitrogens with zero attached hydrogens (tertiary/aromatic N) is 1. The number of carbonyl (C=O) groups is 1. The van der Waals surface area contributed by atoms with Crippen molar-refractivity contribution < 1.29 is 22.7 Å². The molecule has 0 fully saturated rings. The van der Waals surface area contributed by atoms with E-state index in [4.69, 9.17) is 0 Å². The molecule has 0 aromatic carbocycles. The fourth-order valence-corrected chi connectivity index (χ4v) is 1.18. The van der Waals surface area contributed by atoms with E-state index in [1.165, 1.54) is 0 Å². The van der Waals surface area contributed by atoms with Crippen LogP contribution in [0.1, 0.15) is 24.6 Å². The van der Waals surface area contributed by atoms with Gasteiger partial charge in [-0.3, -0.25) is 4.79 Å². The fourth-order valence-electron chi connectivity index (χ4n) is 1.18. The highest BCUT2D eigenvalue weighted by Gasteiger charge is 2.18. The Balaban J connectivity index is 2.90. The first-order valence-corrected chi connectivity index (χ1v) is 4.63. The van der Waals surface area contributed by atoms with Crippen LogP contribution >= 0.6 is 0 Å². The van der Waals surface area contributed by atoms with E-state index in [0.717, 1.165) is 12.1 Å². The summed E-state index contributed by atoms with van der Waals surface area (Å²) in [7, 11) is 0. The predicted octanol–water partition coefficient (Wildman–Crippen LogP) is 2.26. The zero-order chi connectivity index (χ0) is 12.1. The van der Waals surface area contributed by atoms with Crippen LogP contribution in [0.3, 0.4) is 0 Å². The van der Waals surface area contributed by atoms with E-state index in [1.807, 2.05) is 0 Å². The third-order valence-electron chi connectivity index (χ3n) is 1.83. The molecule has 0 atom stereocenters. The second kappa shape index (κ2) is 5.48. The minimum absolute atomic E-state index is 0.0187. The first-order valence-electron chi connectivity index (χ1n) is 4.63. The molecule has 1 rings (SSSR count). The molecule has 0 aliphatic heterocycles. The average Bonchev–Trinajstić information content (AvgIpc) is 2.20. The Morgan fingerprint density at radius 1 is 1.50 bits per heavy atom. The number of pyridine rings is 1. The molecule has 1 aromatic rings. The molecule has 0 saturated carbocycles. The van der Waals surface area contributed by atoms with Crippen molar-refractivity contribution in [3.05, 3.63) is 29.3 Å². The van der Waals surface area contributed by atoms with Crippen molar-refractivity contribution in [3.63, 3.8) is 0 Å². The first-order chi connectivity index (χ1) is 7.54. The average molecular weight is 233 g/mol. The van der Waals surface area contributed by atoms with Crippen LogP contribution in [-0.4, -0.2) is 17.6 Å². The standard InChI is InChI=1S/C10H10F3NO2/c1-2-16-8(15)5-6-3-4-7(11)14-9(6)10(12)13/h3-4,10H,2,5H2,1H3. The lowest BCUT2D eigenvalue weighted by molar-refractivity contribution is -0.142. The Morgan fingerprint density at radius 2 is 2.19 bits per heavy atom. The maximum atomic E-state index is 12.6. The third kappa shape index (κ3) is 3.22. The van der Waals surface area contributed by atoms with Crippen molar-refractivity contribution in [2.45, 2.75) is 19.8 Å². The number of aromatic nitrogens is 1. The highest BCUT2D eigenvalue weighted by Crippen LogP contribution is 2.21. The SMILES string of the molecule is CCOC(=O)Cc1ccc(F)nc1C(F)F. The number of esters is 1.